The minimum Gasteiger partial charge on any atom is -0.298 e. The van der Waals surface area contributed by atoms with E-state index in [2.05, 4.69) is 9.97 Å². The van der Waals surface area contributed by atoms with Crippen molar-refractivity contribution in [3.63, 3.8) is 0 Å². The summed E-state index contributed by atoms with van der Waals surface area (Å²) in [5, 5.41) is 1.11. The Kier molecular flexibility index (Phi) is 3.48. The Balaban J connectivity index is 1.88. The Bertz CT molecular complexity index is 813. The highest BCUT2D eigenvalue weighted by Crippen LogP contribution is 2.09. The lowest BCUT2D eigenvalue weighted by atomic mass is 10.2. The highest BCUT2D eigenvalue weighted by Gasteiger charge is 2.03. The van der Waals surface area contributed by atoms with Crippen molar-refractivity contribution >= 4 is 22.5 Å². The van der Waals surface area contributed by atoms with Crippen LogP contribution in [0.25, 0.3) is 10.9 Å². The molecule has 100 valence electrons. The molecule has 0 N–H and O–H groups in total. The molecule has 0 saturated heterocycles. The quantitative estimate of drug-likeness (QED) is 0.695. The van der Waals surface area contributed by atoms with Crippen molar-refractivity contribution < 1.29 is 0 Å². The van der Waals surface area contributed by atoms with Gasteiger partial charge in [0.15, 0.2) is 0 Å². The van der Waals surface area contributed by atoms with Gasteiger partial charge < -0.3 is 0 Å². The summed E-state index contributed by atoms with van der Waals surface area (Å²) in [6.45, 7) is 0.566. The second kappa shape index (κ2) is 5.43. The van der Waals surface area contributed by atoms with E-state index in [1.54, 1.807) is 29.2 Å². The first-order chi connectivity index (χ1) is 9.74. The van der Waals surface area contributed by atoms with E-state index in [0.717, 1.165) is 11.1 Å². The van der Waals surface area contributed by atoms with Gasteiger partial charge in [-0.15, -0.1) is 0 Å². The number of rotatable bonds is 3. The van der Waals surface area contributed by atoms with Gasteiger partial charge in [-0.3, -0.25) is 9.36 Å². The number of hydrogen-bond donors (Lipinski definition) is 0. The normalized spacial score (nSPS) is 10.8. The SMILES string of the molecule is O=c1c2ccccc2ncn1CCc1ccnc(Cl)c1. The van der Waals surface area contributed by atoms with Gasteiger partial charge in [0, 0.05) is 12.7 Å². The smallest absolute Gasteiger partial charge is 0.261 e. The zero-order chi connectivity index (χ0) is 13.9. The third-order valence-corrected chi connectivity index (χ3v) is 3.37. The summed E-state index contributed by atoms with van der Waals surface area (Å²) in [7, 11) is 0. The predicted octanol–water partition coefficient (Wildman–Crippen LogP) is 2.69. The summed E-state index contributed by atoms with van der Waals surface area (Å²) in [6, 6.07) is 11.1. The van der Waals surface area contributed by atoms with Crippen molar-refractivity contribution in [1.29, 1.82) is 0 Å². The third kappa shape index (κ3) is 2.56. The van der Waals surface area contributed by atoms with Crippen LogP contribution in [-0.4, -0.2) is 14.5 Å². The molecule has 20 heavy (non-hydrogen) atoms. The highest BCUT2D eigenvalue weighted by molar-refractivity contribution is 6.29. The topological polar surface area (TPSA) is 47.8 Å². The van der Waals surface area contributed by atoms with Gasteiger partial charge in [-0.1, -0.05) is 23.7 Å². The molecule has 0 fully saturated rings. The van der Waals surface area contributed by atoms with E-state index >= 15 is 0 Å². The molecule has 1 aromatic carbocycles. The molecule has 0 atom stereocenters. The van der Waals surface area contributed by atoms with Crippen LogP contribution < -0.4 is 5.56 Å². The van der Waals surface area contributed by atoms with Crippen LogP contribution in [0.15, 0.2) is 53.7 Å². The molecule has 3 aromatic rings. The highest BCUT2D eigenvalue weighted by atomic mass is 35.5. The van der Waals surface area contributed by atoms with Gasteiger partial charge >= 0.3 is 0 Å². The number of aryl methyl sites for hydroxylation is 2. The minimum atomic E-state index is -0.0178. The first kappa shape index (κ1) is 12.8. The molecule has 0 aliphatic heterocycles. The van der Waals surface area contributed by atoms with Gasteiger partial charge in [-0.05, 0) is 36.2 Å². The summed E-state index contributed by atoms with van der Waals surface area (Å²) in [6.07, 6.45) is 3.97. The molecule has 0 amide bonds. The maximum absolute atomic E-state index is 12.3. The number of aromatic nitrogens is 3. The lowest BCUT2D eigenvalue weighted by Crippen LogP contribution is -2.21. The fraction of sp³-hybridized carbons (Fsp3) is 0.133. The summed E-state index contributed by atoms with van der Waals surface area (Å²) < 4.78 is 1.62. The second-order valence-electron chi connectivity index (χ2n) is 4.50. The van der Waals surface area contributed by atoms with Crippen molar-refractivity contribution in [3.8, 4) is 0 Å². The molecule has 2 heterocycles. The fourth-order valence-corrected chi connectivity index (χ4v) is 2.31. The van der Waals surface area contributed by atoms with E-state index in [1.807, 2.05) is 24.3 Å². The molecule has 0 aliphatic rings. The molecule has 0 spiro atoms. The second-order valence-corrected chi connectivity index (χ2v) is 4.88. The maximum atomic E-state index is 12.3. The van der Waals surface area contributed by atoms with Crippen LogP contribution in [-0.2, 0) is 13.0 Å². The molecule has 0 radical (unpaired) electrons. The summed E-state index contributed by atoms with van der Waals surface area (Å²) in [5.74, 6) is 0. The van der Waals surface area contributed by atoms with Gasteiger partial charge in [-0.25, -0.2) is 9.97 Å². The molecule has 2 aromatic heterocycles. The zero-order valence-electron chi connectivity index (χ0n) is 10.7. The summed E-state index contributed by atoms with van der Waals surface area (Å²) in [5.41, 5.74) is 1.75. The number of benzene rings is 1. The largest absolute Gasteiger partial charge is 0.298 e. The predicted molar refractivity (Wildman–Crippen MR) is 79.0 cm³/mol. The summed E-state index contributed by atoms with van der Waals surface area (Å²) in [4.78, 5) is 20.5. The molecule has 0 bridgehead atoms. The van der Waals surface area contributed by atoms with Crippen LogP contribution in [0.4, 0.5) is 0 Å². The molecule has 3 rings (SSSR count). The van der Waals surface area contributed by atoms with Gasteiger partial charge in [0.2, 0.25) is 0 Å². The number of hydrogen-bond acceptors (Lipinski definition) is 3. The fourth-order valence-electron chi connectivity index (χ4n) is 2.11. The molecule has 0 saturated carbocycles. The Morgan fingerprint density at radius 3 is 2.85 bits per heavy atom. The number of pyridine rings is 1. The molecule has 5 heteroatoms. The van der Waals surface area contributed by atoms with Crippen LogP contribution >= 0.6 is 11.6 Å². The first-order valence-corrected chi connectivity index (χ1v) is 6.66. The van der Waals surface area contributed by atoms with E-state index in [4.69, 9.17) is 11.6 Å². The van der Waals surface area contributed by atoms with Gasteiger partial charge in [0.05, 0.1) is 17.2 Å². The monoisotopic (exact) mass is 285 g/mol. The van der Waals surface area contributed by atoms with E-state index in [1.165, 1.54) is 0 Å². The van der Waals surface area contributed by atoms with E-state index in [0.29, 0.717) is 23.5 Å². The van der Waals surface area contributed by atoms with Crippen LogP contribution in [0.3, 0.4) is 0 Å². The average Bonchev–Trinajstić information content (AvgIpc) is 2.47. The van der Waals surface area contributed by atoms with Crippen molar-refractivity contribution in [2.75, 3.05) is 0 Å². The standard InChI is InChI=1S/C15H12ClN3O/c16-14-9-11(5-7-17-14)6-8-19-10-18-13-4-2-1-3-12(13)15(19)20/h1-5,7,9-10H,6,8H2. The molecular formula is C15H12ClN3O. The van der Waals surface area contributed by atoms with Gasteiger partial charge in [-0.2, -0.15) is 0 Å². The Labute approximate surface area is 120 Å². The molecular weight excluding hydrogens is 274 g/mol. The number of nitrogens with zero attached hydrogens (tertiary/aromatic N) is 3. The maximum Gasteiger partial charge on any atom is 0.261 e. The Hall–Kier alpha value is -2.20. The van der Waals surface area contributed by atoms with Gasteiger partial charge in [0.25, 0.3) is 5.56 Å². The van der Waals surface area contributed by atoms with Crippen molar-refractivity contribution in [2.45, 2.75) is 13.0 Å². The Morgan fingerprint density at radius 2 is 2.00 bits per heavy atom. The first-order valence-electron chi connectivity index (χ1n) is 6.29. The van der Waals surface area contributed by atoms with E-state index < -0.39 is 0 Å². The zero-order valence-corrected chi connectivity index (χ0v) is 11.4. The minimum absolute atomic E-state index is 0.0178. The van der Waals surface area contributed by atoms with Crippen LogP contribution in [0, 0.1) is 0 Å². The lowest BCUT2D eigenvalue weighted by Gasteiger charge is -2.06. The molecule has 0 aliphatic carbocycles. The van der Waals surface area contributed by atoms with Crippen LogP contribution in [0.1, 0.15) is 5.56 Å². The average molecular weight is 286 g/mol. The molecule has 0 unspecified atom stereocenters. The summed E-state index contributed by atoms with van der Waals surface area (Å²) >= 11 is 5.84. The van der Waals surface area contributed by atoms with Crippen LogP contribution in [0.2, 0.25) is 5.15 Å². The number of halogens is 1. The van der Waals surface area contributed by atoms with Crippen molar-refractivity contribution in [3.05, 3.63) is 70.0 Å². The third-order valence-electron chi connectivity index (χ3n) is 3.16. The Morgan fingerprint density at radius 1 is 1.15 bits per heavy atom. The van der Waals surface area contributed by atoms with Crippen LogP contribution in [0.5, 0.6) is 0 Å². The van der Waals surface area contributed by atoms with Crippen molar-refractivity contribution in [2.24, 2.45) is 0 Å². The van der Waals surface area contributed by atoms with Crippen molar-refractivity contribution in [1.82, 2.24) is 14.5 Å². The van der Waals surface area contributed by atoms with E-state index in [-0.39, 0.29) is 5.56 Å². The number of para-hydroxylation sites is 1. The van der Waals surface area contributed by atoms with E-state index in [9.17, 15) is 4.79 Å². The molecule has 4 nitrogen and oxygen atoms in total. The van der Waals surface area contributed by atoms with Gasteiger partial charge in [0.1, 0.15) is 5.15 Å². The number of fused-ring (bicyclic) bond motifs is 1. The lowest BCUT2D eigenvalue weighted by molar-refractivity contribution is 0.662.